The van der Waals surface area contributed by atoms with E-state index in [1.165, 1.54) is 44.1 Å². The van der Waals surface area contributed by atoms with Gasteiger partial charge in [0.15, 0.2) is 5.78 Å². The summed E-state index contributed by atoms with van der Waals surface area (Å²) >= 11 is 0. The molecule has 3 fully saturated rings. The van der Waals surface area contributed by atoms with Gasteiger partial charge >= 0.3 is 0 Å². The molecule has 1 heteroatoms. The molecule has 0 aromatic rings. The summed E-state index contributed by atoms with van der Waals surface area (Å²) in [6.07, 6.45) is 16.8. The molecule has 4 aliphatic rings. The molecular formula is C24H36O. The molecule has 0 aromatic heterocycles. The maximum absolute atomic E-state index is 12.0. The third kappa shape index (κ3) is 2.52. The number of hydrogen-bond acceptors (Lipinski definition) is 1. The molecule has 0 aliphatic heterocycles. The van der Waals surface area contributed by atoms with Crippen LogP contribution in [0.4, 0.5) is 0 Å². The van der Waals surface area contributed by atoms with Crippen molar-refractivity contribution < 1.29 is 4.79 Å². The molecule has 4 unspecified atom stereocenters. The van der Waals surface area contributed by atoms with Crippen LogP contribution in [0.25, 0.3) is 0 Å². The lowest BCUT2D eigenvalue weighted by Crippen LogP contribution is -2.50. The first-order valence-corrected chi connectivity index (χ1v) is 10.8. The lowest BCUT2D eigenvalue weighted by molar-refractivity contribution is -0.117. The number of carbonyl (C=O) groups is 1. The molecule has 0 N–H and O–H groups in total. The Kier molecular flexibility index (Phi) is 4.28. The number of fused-ring (bicyclic) bond motifs is 5. The molecule has 0 radical (unpaired) electrons. The molecular weight excluding hydrogens is 304 g/mol. The van der Waals surface area contributed by atoms with Crippen molar-refractivity contribution in [3.63, 3.8) is 0 Å². The molecule has 0 aromatic carbocycles. The Bertz CT molecular complexity index is 614. The second-order valence-electron chi connectivity index (χ2n) is 10.1. The van der Waals surface area contributed by atoms with Crippen molar-refractivity contribution in [3.8, 4) is 0 Å². The first kappa shape index (κ1) is 17.6. The van der Waals surface area contributed by atoms with Gasteiger partial charge in [-0.15, -0.1) is 0 Å². The molecule has 0 heterocycles. The van der Waals surface area contributed by atoms with Gasteiger partial charge in [0, 0.05) is 6.42 Å². The van der Waals surface area contributed by atoms with Crippen LogP contribution in [0.2, 0.25) is 0 Å². The molecule has 4 rings (SSSR count). The largest absolute Gasteiger partial charge is 0.295 e. The Morgan fingerprint density at radius 3 is 2.64 bits per heavy atom. The Labute approximate surface area is 154 Å². The summed E-state index contributed by atoms with van der Waals surface area (Å²) in [7, 11) is 0. The number of allylic oxidation sites excluding steroid dienone is 3. The first-order valence-electron chi connectivity index (χ1n) is 10.8. The highest BCUT2D eigenvalue weighted by atomic mass is 16.1. The third-order valence-corrected chi connectivity index (χ3v) is 9.17. The van der Waals surface area contributed by atoms with Gasteiger partial charge in [-0.25, -0.2) is 0 Å². The fourth-order valence-electron chi connectivity index (χ4n) is 7.90. The molecule has 0 spiro atoms. The molecule has 3 saturated carbocycles. The summed E-state index contributed by atoms with van der Waals surface area (Å²) in [4.78, 5) is 12.0. The van der Waals surface area contributed by atoms with Crippen LogP contribution in [0.3, 0.4) is 0 Å². The standard InChI is InChI=1S/C24H36O/c1-5-6-16(2)20-9-10-21-19-8-7-17-15-18(25)11-13-23(17,3)22(19)12-14-24(20,21)4/h5-6,15-16,19-22H,7-14H2,1-4H3/b6-5+/t16-,19?,20?,21?,22?,23-,24+/m0/s1. The topological polar surface area (TPSA) is 17.1 Å². The number of hydrogen-bond donors (Lipinski definition) is 0. The fourth-order valence-corrected chi connectivity index (χ4v) is 7.90. The summed E-state index contributed by atoms with van der Waals surface area (Å²) in [5.74, 6) is 4.62. The Morgan fingerprint density at radius 1 is 1.08 bits per heavy atom. The van der Waals surface area contributed by atoms with E-state index in [2.05, 4.69) is 39.8 Å². The minimum atomic E-state index is 0.325. The van der Waals surface area contributed by atoms with Crippen LogP contribution in [0.15, 0.2) is 23.8 Å². The van der Waals surface area contributed by atoms with Crippen molar-refractivity contribution in [2.24, 2.45) is 40.4 Å². The maximum Gasteiger partial charge on any atom is 0.155 e. The average Bonchev–Trinajstić information content (AvgIpc) is 2.93. The minimum Gasteiger partial charge on any atom is -0.295 e. The zero-order valence-corrected chi connectivity index (χ0v) is 16.7. The van der Waals surface area contributed by atoms with Crippen LogP contribution in [0.1, 0.15) is 79.1 Å². The van der Waals surface area contributed by atoms with Crippen molar-refractivity contribution in [2.45, 2.75) is 79.1 Å². The smallest absolute Gasteiger partial charge is 0.155 e. The van der Waals surface area contributed by atoms with Gasteiger partial charge in [-0.2, -0.15) is 0 Å². The van der Waals surface area contributed by atoms with Crippen molar-refractivity contribution in [3.05, 3.63) is 23.8 Å². The van der Waals surface area contributed by atoms with Crippen molar-refractivity contribution >= 4 is 5.78 Å². The summed E-state index contributed by atoms with van der Waals surface area (Å²) in [5, 5.41) is 0. The minimum absolute atomic E-state index is 0.325. The normalized spacial score (nSPS) is 47.8. The van der Waals surface area contributed by atoms with Crippen LogP contribution in [-0.2, 0) is 4.79 Å². The van der Waals surface area contributed by atoms with E-state index in [-0.39, 0.29) is 0 Å². The molecule has 1 nitrogen and oxygen atoms in total. The van der Waals surface area contributed by atoms with Gasteiger partial charge in [0.05, 0.1) is 0 Å². The first-order chi connectivity index (χ1) is 11.9. The van der Waals surface area contributed by atoms with E-state index >= 15 is 0 Å². The number of rotatable bonds is 2. The molecule has 138 valence electrons. The van der Waals surface area contributed by atoms with Crippen molar-refractivity contribution in [2.75, 3.05) is 0 Å². The van der Waals surface area contributed by atoms with E-state index in [9.17, 15) is 4.79 Å². The van der Waals surface area contributed by atoms with Gasteiger partial charge in [0.1, 0.15) is 0 Å². The molecule has 7 atom stereocenters. The highest BCUT2D eigenvalue weighted by molar-refractivity contribution is 5.91. The zero-order chi connectivity index (χ0) is 17.8. The molecule has 4 aliphatic carbocycles. The molecule has 0 amide bonds. The summed E-state index contributed by atoms with van der Waals surface area (Å²) in [6, 6.07) is 0. The molecule has 0 bridgehead atoms. The quantitative estimate of drug-likeness (QED) is 0.535. The summed E-state index contributed by atoms with van der Waals surface area (Å²) in [6.45, 7) is 9.74. The SMILES string of the molecule is C/C=C/[C@H](C)C1CCC2C3CCC4=CC(=O)CC[C@]4(C)C3CC[C@@]21C. The summed E-state index contributed by atoms with van der Waals surface area (Å²) < 4.78 is 0. The Hall–Kier alpha value is -0.850. The van der Waals surface area contributed by atoms with E-state index in [1.807, 2.05) is 6.08 Å². The number of carbonyl (C=O) groups excluding carboxylic acids is 1. The van der Waals surface area contributed by atoms with E-state index in [0.717, 1.165) is 42.4 Å². The predicted molar refractivity (Wildman–Crippen MR) is 104 cm³/mol. The lowest BCUT2D eigenvalue weighted by Gasteiger charge is -2.58. The van der Waals surface area contributed by atoms with E-state index in [1.54, 1.807) is 0 Å². The second-order valence-corrected chi connectivity index (χ2v) is 10.1. The van der Waals surface area contributed by atoms with E-state index in [4.69, 9.17) is 0 Å². The van der Waals surface area contributed by atoms with Gasteiger partial charge in [-0.3, -0.25) is 4.79 Å². The maximum atomic E-state index is 12.0. The highest BCUT2D eigenvalue weighted by Crippen LogP contribution is 2.67. The van der Waals surface area contributed by atoms with Crippen LogP contribution < -0.4 is 0 Å². The van der Waals surface area contributed by atoms with Crippen LogP contribution in [0.5, 0.6) is 0 Å². The predicted octanol–water partition coefficient (Wildman–Crippen LogP) is 6.35. The third-order valence-electron chi connectivity index (χ3n) is 9.17. The second kappa shape index (κ2) is 6.10. The van der Waals surface area contributed by atoms with E-state index in [0.29, 0.717) is 16.6 Å². The average molecular weight is 341 g/mol. The van der Waals surface area contributed by atoms with Crippen molar-refractivity contribution in [1.82, 2.24) is 0 Å². The highest BCUT2D eigenvalue weighted by Gasteiger charge is 2.59. The van der Waals surface area contributed by atoms with Gasteiger partial charge < -0.3 is 0 Å². The molecule has 25 heavy (non-hydrogen) atoms. The molecule has 0 saturated heterocycles. The van der Waals surface area contributed by atoms with Gasteiger partial charge in [-0.1, -0.05) is 38.5 Å². The monoisotopic (exact) mass is 340 g/mol. The van der Waals surface area contributed by atoms with Crippen LogP contribution in [-0.4, -0.2) is 5.78 Å². The van der Waals surface area contributed by atoms with Gasteiger partial charge in [-0.05, 0) is 98.4 Å². The Morgan fingerprint density at radius 2 is 1.88 bits per heavy atom. The van der Waals surface area contributed by atoms with Gasteiger partial charge in [0.2, 0.25) is 0 Å². The zero-order valence-electron chi connectivity index (χ0n) is 16.7. The fraction of sp³-hybridized carbons (Fsp3) is 0.792. The number of ketones is 1. The van der Waals surface area contributed by atoms with Crippen molar-refractivity contribution in [1.29, 1.82) is 0 Å². The van der Waals surface area contributed by atoms with Crippen LogP contribution >= 0.6 is 0 Å². The van der Waals surface area contributed by atoms with Crippen LogP contribution in [0, 0.1) is 40.4 Å². The van der Waals surface area contributed by atoms with E-state index < -0.39 is 0 Å². The van der Waals surface area contributed by atoms with Gasteiger partial charge in [0.25, 0.3) is 0 Å². The lowest BCUT2D eigenvalue weighted by atomic mass is 9.46. The summed E-state index contributed by atoms with van der Waals surface area (Å²) in [5.41, 5.74) is 2.37. The Balaban J connectivity index is 1.62.